The molecule has 2 nitrogen and oxygen atoms in total. The lowest BCUT2D eigenvalue weighted by Crippen LogP contribution is -2.37. The summed E-state index contributed by atoms with van der Waals surface area (Å²) in [6, 6.07) is 5.15. The van der Waals surface area contributed by atoms with E-state index in [1.54, 1.807) is 6.07 Å². The first-order valence-corrected chi connectivity index (χ1v) is 6.81. The van der Waals surface area contributed by atoms with Crippen molar-refractivity contribution in [3.8, 4) is 0 Å². The van der Waals surface area contributed by atoms with Crippen molar-refractivity contribution < 1.29 is 4.39 Å². The van der Waals surface area contributed by atoms with Crippen LogP contribution in [0.3, 0.4) is 0 Å². The average molecular weight is 252 g/mol. The number of nitrogens with zero attached hydrogens (tertiary/aromatic N) is 1. The number of anilines is 2. The molecular weight excluding hydrogens is 227 g/mol. The fourth-order valence-electron chi connectivity index (χ4n) is 2.35. The Morgan fingerprint density at radius 3 is 2.28 bits per heavy atom. The Morgan fingerprint density at radius 2 is 1.83 bits per heavy atom. The van der Waals surface area contributed by atoms with E-state index in [9.17, 15) is 4.39 Å². The predicted octanol–water partition coefficient (Wildman–Crippen LogP) is 4.06. The van der Waals surface area contributed by atoms with Crippen molar-refractivity contribution in [1.82, 2.24) is 0 Å². The average Bonchev–Trinajstić information content (AvgIpc) is 2.29. The predicted molar refractivity (Wildman–Crippen MR) is 77.4 cm³/mol. The van der Waals surface area contributed by atoms with Gasteiger partial charge in [0.05, 0.1) is 11.4 Å². The molecule has 0 bridgehead atoms. The summed E-state index contributed by atoms with van der Waals surface area (Å²) >= 11 is 0. The number of hydrogen-bond donors (Lipinski definition) is 1. The molecule has 0 aliphatic heterocycles. The van der Waals surface area contributed by atoms with Crippen LogP contribution in [0, 0.1) is 11.7 Å². The summed E-state index contributed by atoms with van der Waals surface area (Å²) in [4.78, 5) is 2.32. The largest absolute Gasteiger partial charge is 0.397 e. The van der Waals surface area contributed by atoms with E-state index in [2.05, 4.69) is 32.6 Å². The minimum Gasteiger partial charge on any atom is -0.397 e. The molecule has 0 atom stereocenters. The molecule has 0 aliphatic carbocycles. The number of nitrogens with two attached hydrogens (primary N) is 1. The molecule has 0 spiro atoms. The van der Waals surface area contributed by atoms with Crippen molar-refractivity contribution in [3.05, 3.63) is 24.0 Å². The van der Waals surface area contributed by atoms with Gasteiger partial charge >= 0.3 is 0 Å². The molecule has 1 aromatic carbocycles. The molecule has 0 aromatic heterocycles. The monoisotopic (exact) mass is 252 g/mol. The first-order valence-electron chi connectivity index (χ1n) is 6.81. The Bertz CT molecular complexity index is 373. The smallest absolute Gasteiger partial charge is 0.125 e. The fourth-order valence-corrected chi connectivity index (χ4v) is 2.35. The number of nitrogen functional groups attached to an aromatic ring is 1. The summed E-state index contributed by atoms with van der Waals surface area (Å²) in [5.74, 6) is 0.278. The lowest BCUT2D eigenvalue weighted by Gasteiger charge is -2.35. The van der Waals surface area contributed by atoms with Gasteiger partial charge in [0.2, 0.25) is 0 Å². The molecule has 1 rings (SSSR count). The van der Waals surface area contributed by atoms with E-state index in [-0.39, 0.29) is 5.82 Å². The third-order valence-electron chi connectivity index (χ3n) is 3.24. The van der Waals surface area contributed by atoms with Gasteiger partial charge in [-0.2, -0.15) is 0 Å². The van der Waals surface area contributed by atoms with Crippen LogP contribution in [0.25, 0.3) is 0 Å². The first-order chi connectivity index (χ1) is 8.49. The summed E-state index contributed by atoms with van der Waals surface area (Å²) in [6.45, 7) is 9.69. The normalized spacial score (nSPS) is 11.3. The van der Waals surface area contributed by atoms with Crippen LogP contribution in [-0.4, -0.2) is 12.6 Å². The summed E-state index contributed by atoms with van der Waals surface area (Å²) < 4.78 is 13.1. The molecule has 1 aromatic rings. The molecule has 102 valence electrons. The Balaban J connectivity index is 3.08. The van der Waals surface area contributed by atoms with Crippen LogP contribution >= 0.6 is 0 Å². The molecule has 0 unspecified atom stereocenters. The molecule has 0 aliphatic rings. The maximum atomic E-state index is 13.1. The van der Waals surface area contributed by atoms with Crippen LogP contribution in [0.15, 0.2) is 18.2 Å². The first kappa shape index (κ1) is 14.8. The van der Waals surface area contributed by atoms with Gasteiger partial charge in [-0.15, -0.1) is 0 Å². The second kappa shape index (κ2) is 6.62. The molecule has 0 saturated heterocycles. The van der Waals surface area contributed by atoms with Crippen molar-refractivity contribution in [2.45, 2.75) is 46.6 Å². The van der Waals surface area contributed by atoms with Crippen molar-refractivity contribution in [1.29, 1.82) is 0 Å². The zero-order chi connectivity index (χ0) is 13.7. The Labute approximate surface area is 110 Å². The lowest BCUT2D eigenvalue weighted by atomic mass is 10.1. The van der Waals surface area contributed by atoms with Gasteiger partial charge in [-0.3, -0.25) is 0 Å². The summed E-state index contributed by atoms with van der Waals surface area (Å²) in [6.07, 6.45) is 2.14. The Hall–Kier alpha value is -1.25. The van der Waals surface area contributed by atoms with Crippen molar-refractivity contribution in [2.24, 2.45) is 5.92 Å². The SMILES string of the molecule is CCC(CC)N(CC(C)C)c1ccc(F)cc1N. The number of benzene rings is 1. The van der Waals surface area contributed by atoms with E-state index < -0.39 is 0 Å². The van der Waals surface area contributed by atoms with Crippen LogP contribution in [0.4, 0.5) is 15.8 Å². The number of hydrogen-bond acceptors (Lipinski definition) is 2. The Morgan fingerprint density at radius 1 is 1.22 bits per heavy atom. The highest BCUT2D eigenvalue weighted by Crippen LogP contribution is 2.28. The second-order valence-corrected chi connectivity index (χ2v) is 5.22. The minimum atomic E-state index is -0.273. The molecule has 0 fully saturated rings. The molecule has 18 heavy (non-hydrogen) atoms. The molecule has 0 radical (unpaired) electrons. The maximum Gasteiger partial charge on any atom is 0.125 e. The van der Waals surface area contributed by atoms with Gasteiger partial charge in [0, 0.05) is 12.6 Å². The third-order valence-corrected chi connectivity index (χ3v) is 3.24. The van der Waals surface area contributed by atoms with E-state index in [1.807, 2.05) is 0 Å². The van der Waals surface area contributed by atoms with Crippen LogP contribution in [0.5, 0.6) is 0 Å². The van der Waals surface area contributed by atoms with Gasteiger partial charge in [-0.25, -0.2) is 4.39 Å². The fraction of sp³-hybridized carbons (Fsp3) is 0.600. The highest BCUT2D eigenvalue weighted by atomic mass is 19.1. The molecule has 0 amide bonds. The molecular formula is C15H25FN2. The van der Waals surface area contributed by atoms with Crippen LogP contribution in [0.2, 0.25) is 0 Å². The highest BCUT2D eigenvalue weighted by molar-refractivity contribution is 5.68. The lowest BCUT2D eigenvalue weighted by molar-refractivity contribution is 0.507. The minimum absolute atomic E-state index is 0.273. The van der Waals surface area contributed by atoms with Crippen LogP contribution in [-0.2, 0) is 0 Å². The maximum absolute atomic E-state index is 13.1. The summed E-state index contributed by atoms with van der Waals surface area (Å²) in [7, 11) is 0. The Kier molecular flexibility index (Phi) is 5.45. The zero-order valence-electron chi connectivity index (χ0n) is 11.9. The van der Waals surface area contributed by atoms with E-state index in [0.29, 0.717) is 17.6 Å². The van der Waals surface area contributed by atoms with Crippen LogP contribution < -0.4 is 10.6 Å². The molecule has 2 N–H and O–H groups in total. The van der Waals surface area contributed by atoms with Gasteiger partial charge in [0.15, 0.2) is 0 Å². The van der Waals surface area contributed by atoms with E-state index in [4.69, 9.17) is 5.73 Å². The van der Waals surface area contributed by atoms with Crippen molar-refractivity contribution in [2.75, 3.05) is 17.2 Å². The quantitative estimate of drug-likeness (QED) is 0.774. The van der Waals surface area contributed by atoms with Gasteiger partial charge in [0.25, 0.3) is 0 Å². The van der Waals surface area contributed by atoms with Gasteiger partial charge in [0.1, 0.15) is 5.82 Å². The van der Waals surface area contributed by atoms with Crippen molar-refractivity contribution >= 4 is 11.4 Å². The highest BCUT2D eigenvalue weighted by Gasteiger charge is 2.19. The summed E-state index contributed by atoms with van der Waals surface area (Å²) in [5.41, 5.74) is 7.45. The van der Waals surface area contributed by atoms with Gasteiger partial charge in [-0.1, -0.05) is 27.7 Å². The number of halogens is 1. The van der Waals surface area contributed by atoms with E-state index in [0.717, 1.165) is 25.1 Å². The molecule has 0 heterocycles. The number of rotatable bonds is 6. The topological polar surface area (TPSA) is 29.3 Å². The van der Waals surface area contributed by atoms with Gasteiger partial charge in [-0.05, 0) is 37.0 Å². The summed E-state index contributed by atoms with van der Waals surface area (Å²) in [5, 5.41) is 0. The molecule has 3 heteroatoms. The zero-order valence-corrected chi connectivity index (χ0v) is 11.9. The van der Waals surface area contributed by atoms with Crippen molar-refractivity contribution in [3.63, 3.8) is 0 Å². The molecule has 0 saturated carbocycles. The standard InChI is InChI=1S/C15H25FN2/c1-5-13(6-2)18(10-11(3)4)15-8-7-12(16)9-14(15)17/h7-9,11,13H,5-6,10,17H2,1-4H3. The van der Waals surface area contributed by atoms with E-state index in [1.165, 1.54) is 12.1 Å². The second-order valence-electron chi connectivity index (χ2n) is 5.22. The van der Waals surface area contributed by atoms with E-state index >= 15 is 0 Å². The van der Waals surface area contributed by atoms with Gasteiger partial charge < -0.3 is 10.6 Å². The third kappa shape index (κ3) is 3.62. The van der Waals surface area contributed by atoms with Crippen LogP contribution in [0.1, 0.15) is 40.5 Å².